The molecule has 5 nitrogen and oxygen atoms in total. The van der Waals surface area contributed by atoms with Crippen molar-refractivity contribution < 1.29 is 14.2 Å². The molecule has 0 amide bonds. The van der Waals surface area contributed by atoms with Crippen LogP contribution in [0.4, 0.5) is 5.69 Å². The van der Waals surface area contributed by atoms with Gasteiger partial charge in [0.15, 0.2) is 0 Å². The Labute approximate surface area is 121 Å². The lowest BCUT2D eigenvalue weighted by Crippen LogP contribution is -2.23. The molecule has 0 bridgehead atoms. The quantitative estimate of drug-likeness (QED) is 0.619. The summed E-state index contributed by atoms with van der Waals surface area (Å²) in [6.45, 7) is 4.54. The monoisotopic (exact) mass is 282 g/mol. The van der Waals surface area contributed by atoms with Crippen LogP contribution >= 0.6 is 0 Å². The summed E-state index contributed by atoms with van der Waals surface area (Å²) in [6.07, 6.45) is 0. The molecule has 0 aliphatic heterocycles. The Balaban J connectivity index is 2.12. The van der Waals surface area contributed by atoms with Crippen LogP contribution in [0.2, 0.25) is 0 Å². The number of likely N-dealkylation sites (N-methyl/N-ethyl adjacent to an activating group) is 1. The van der Waals surface area contributed by atoms with E-state index in [4.69, 9.17) is 19.9 Å². The van der Waals surface area contributed by atoms with Gasteiger partial charge in [0, 0.05) is 32.9 Å². The van der Waals surface area contributed by atoms with Gasteiger partial charge in [-0.2, -0.15) is 0 Å². The summed E-state index contributed by atoms with van der Waals surface area (Å²) in [5.74, 6) is 0. The molecule has 0 saturated heterocycles. The van der Waals surface area contributed by atoms with Gasteiger partial charge in [-0.05, 0) is 17.7 Å². The number of rotatable bonds is 11. The van der Waals surface area contributed by atoms with Crippen LogP contribution in [-0.2, 0) is 20.8 Å². The standard InChI is InChI=1S/C15H26N2O3/c1-17(15-5-3-4-14(12-15)13-16)6-7-19-10-11-20-9-8-18-2/h3-5,12H,6-11,13,16H2,1-2H3. The molecule has 0 aliphatic carbocycles. The first-order chi connectivity index (χ1) is 9.77. The lowest BCUT2D eigenvalue weighted by Gasteiger charge is -2.20. The maximum absolute atomic E-state index is 5.64. The Morgan fingerprint density at radius 3 is 2.45 bits per heavy atom. The number of anilines is 1. The van der Waals surface area contributed by atoms with E-state index in [-0.39, 0.29) is 0 Å². The molecule has 0 aliphatic rings. The average molecular weight is 282 g/mol. The largest absolute Gasteiger partial charge is 0.382 e. The lowest BCUT2D eigenvalue weighted by atomic mass is 10.2. The fourth-order valence-corrected chi connectivity index (χ4v) is 1.72. The second-order valence-corrected chi connectivity index (χ2v) is 4.51. The Bertz CT molecular complexity index is 361. The van der Waals surface area contributed by atoms with Crippen LogP contribution in [0.5, 0.6) is 0 Å². The van der Waals surface area contributed by atoms with Crippen LogP contribution in [-0.4, -0.2) is 53.7 Å². The van der Waals surface area contributed by atoms with Crippen molar-refractivity contribution in [3.8, 4) is 0 Å². The third kappa shape index (κ3) is 6.86. The molecule has 114 valence electrons. The lowest BCUT2D eigenvalue weighted by molar-refractivity contribution is 0.0266. The number of hydrogen-bond donors (Lipinski definition) is 1. The van der Waals surface area contributed by atoms with Crippen molar-refractivity contribution in [1.82, 2.24) is 0 Å². The molecule has 5 heteroatoms. The van der Waals surface area contributed by atoms with Gasteiger partial charge < -0.3 is 24.8 Å². The zero-order valence-corrected chi connectivity index (χ0v) is 12.5. The highest BCUT2D eigenvalue weighted by molar-refractivity contribution is 5.47. The molecule has 0 atom stereocenters. The minimum Gasteiger partial charge on any atom is -0.382 e. The van der Waals surface area contributed by atoms with E-state index < -0.39 is 0 Å². The molecule has 1 rings (SSSR count). The smallest absolute Gasteiger partial charge is 0.0701 e. The van der Waals surface area contributed by atoms with E-state index in [1.807, 2.05) is 19.2 Å². The highest BCUT2D eigenvalue weighted by atomic mass is 16.5. The van der Waals surface area contributed by atoms with Crippen molar-refractivity contribution >= 4 is 5.69 Å². The number of ether oxygens (including phenoxy) is 3. The van der Waals surface area contributed by atoms with Crippen molar-refractivity contribution in [2.24, 2.45) is 5.73 Å². The summed E-state index contributed by atoms with van der Waals surface area (Å²) in [4.78, 5) is 2.16. The Kier molecular flexibility index (Phi) is 8.98. The van der Waals surface area contributed by atoms with Crippen molar-refractivity contribution in [3.05, 3.63) is 29.8 Å². The minimum atomic E-state index is 0.566. The van der Waals surface area contributed by atoms with E-state index in [2.05, 4.69) is 17.0 Å². The van der Waals surface area contributed by atoms with E-state index in [0.29, 0.717) is 39.6 Å². The molecule has 0 fully saturated rings. The summed E-state index contributed by atoms with van der Waals surface area (Å²) in [6, 6.07) is 8.24. The first kappa shape index (κ1) is 16.9. The number of benzene rings is 1. The zero-order valence-electron chi connectivity index (χ0n) is 12.5. The normalized spacial score (nSPS) is 10.8. The van der Waals surface area contributed by atoms with E-state index in [0.717, 1.165) is 17.8 Å². The number of methoxy groups -OCH3 is 1. The van der Waals surface area contributed by atoms with Crippen LogP contribution in [0.15, 0.2) is 24.3 Å². The SMILES string of the molecule is COCCOCCOCCN(C)c1cccc(CN)c1. The van der Waals surface area contributed by atoms with E-state index in [1.165, 1.54) is 0 Å². The van der Waals surface area contributed by atoms with Crippen molar-refractivity contribution in [2.45, 2.75) is 6.54 Å². The van der Waals surface area contributed by atoms with Crippen LogP contribution in [0, 0.1) is 0 Å². The second-order valence-electron chi connectivity index (χ2n) is 4.51. The molecule has 2 N–H and O–H groups in total. The first-order valence-electron chi connectivity index (χ1n) is 6.92. The van der Waals surface area contributed by atoms with Crippen molar-refractivity contribution in [3.63, 3.8) is 0 Å². The number of nitrogens with two attached hydrogens (primary N) is 1. The highest BCUT2D eigenvalue weighted by Crippen LogP contribution is 2.14. The van der Waals surface area contributed by atoms with Gasteiger partial charge in [-0.25, -0.2) is 0 Å². The number of nitrogens with zero attached hydrogens (tertiary/aromatic N) is 1. The Morgan fingerprint density at radius 1 is 1.05 bits per heavy atom. The Hall–Kier alpha value is -1.14. The van der Waals surface area contributed by atoms with Crippen molar-refractivity contribution in [2.75, 3.05) is 58.6 Å². The molecule has 0 unspecified atom stereocenters. The van der Waals surface area contributed by atoms with Gasteiger partial charge in [-0.1, -0.05) is 12.1 Å². The summed E-state index contributed by atoms with van der Waals surface area (Å²) in [5, 5.41) is 0. The summed E-state index contributed by atoms with van der Waals surface area (Å²) >= 11 is 0. The summed E-state index contributed by atoms with van der Waals surface area (Å²) in [7, 11) is 3.71. The van der Waals surface area contributed by atoms with E-state index >= 15 is 0 Å². The zero-order chi connectivity index (χ0) is 14.6. The van der Waals surface area contributed by atoms with Gasteiger partial charge in [0.05, 0.1) is 33.0 Å². The molecule has 0 radical (unpaired) electrons. The first-order valence-corrected chi connectivity index (χ1v) is 6.92. The fraction of sp³-hybridized carbons (Fsp3) is 0.600. The predicted octanol–water partition coefficient (Wildman–Crippen LogP) is 1.26. The third-order valence-corrected chi connectivity index (χ3v) is 2.96. The maximum Gasteiger partial charge on any atom is 0.0701 e. The molecule has 1 aromatic rings. The molecule has 0 aromatic heterocycles. The van der Waals surface area contributed by atoms with Gasteiger partial charge in [0.2, 0.25) is 0 Å². The molecular weight excluding hydrogens is 256 g/mol. The molecule has 0 spiro atoms. The fourth-order valence-electron chi connectivity index (χ4n) is 1.72. The molecule has 20 heavy (non-hydrogen) atoms. The maximum atomic E-state index is 5.64. The van der Waals surface area contributed by atoms with Crippen LogP contribution in [0.25, 0.3) is 0 Å². The predicted molar refractivity (Wildman–Crippen MR) is 81.1 cm³/mol. The molecule has 1 aromatic carbocycles. The average Bonchev–Trinajstić information content (AvgIpc) is 2.49. The van der Waals surface area contributed by atoms with E-state index in [9.17, 15) is 0 Å². The van der Waals surface area contributed by atoms with Gasteiger partial charge >= 0.3 is 0 Å². The van der Waals surface area contributed by atoms with Gasteiger partial charge in [0.25, 0.3) is 0 Å². The topological polar surface area (TPSA) is 57.0 Å². The number of hydrogen-bond acceptors (Lipinski definition) is 5. The molecular formula is C15H26N2O3. The van der Waals surface area contributed by atoms with Gasteiger partial charge in [0.1, 0.15) is 0 Å². The van der Waals surface area contributed by atoms with Gasteiger partial charge in [-0.3, -0.25) is 0 Å². The third-order valence-electron chi connectivity index (χ3n) is 2.96. The Morgan fingerprint density at radius 2 is 1.75 bits per heavy atom. The van der Waals surface area contributed by atoms with E-state index in [1.54, 1.807) is 7.11 Å². The summed E-state index contributed by atoms with van der Waals surface area (Å²) in [5.41, 5.74) is 7.94. The van der Waals surface area contributed by atoms with Crippen LogP contribution in [0.1, 0.15) is 5.56 Å². The van der Waals surface area contributed by atoms with Gasteiger partial charge in [-0.15, -0.1) is 0 Å². The molecule has 0 saturated carbocycles. The second kappa shape index (κ2) is 10.6. The highest BCUT2D eigenvalue weighted by Gasteiger charge is 2.01. The van der Waals surface area contributed by atoms with Crippen molar-refractivity contribution in [1.29, 1.82) is 0 Å². The van der Waals surface area contributed by atoms with Crippen LogP contribution in [0.3, 0.4) is 0 Å². The minimum absolute atomic E-state index is 0.566. The molecule has 0 heterocycles. The van der Waals surface area contributed by atoms with Crippen LogP contribution < -0.4 is 10.6 Å². The summed E-state index contributed by atoms with van der Waals surface area (Å²) < 4.78 is 15.7.